The Bertz CT molecular complexity index is 191. The van der Waals surface area contributed by atoms with Gasteiger partial charge in [-0.25, -0.2) is 0 Å². The van der Waals surface area contributed by atoms with Crippen LogP contribution in [0, 0.1) is 0 Å². The third-order valence-electron chi connectivity index (χ3n) is 0.995. The van der Waals surface area contributed by atoms with Crippen molar-refractivity contribution in [1.29, 1.82) is 0 Å². The Morgan fingerprint density at radius 1 is 1.38 bits per heavy atom. The van der Waals surface area contributed by atoms with Gasteiger partial charge in [-0.3, -0.25) is 0 Å². The van der Waals surface area contributed by atoms with Crippen LogP contribution in [-0.2, 0) is 25.8 Å². The molecule has 0 aliphatic heterocycles. The molecule has 1 amide bonds. The molecule has 0 saturated heterocycles. The summed E-state index contributed by atoms with van der Waals surface area (Å²) in [5.41, 5.74) is 0. The van der Waals surface area contributed by atoms with Gasteiger partial charge in [-0.1, -0.05) is 0 Å². The van der Waals surface area contributed by atoms with Gasteiger partial charge in [0, 0.05) is 0 Å². The second-order valence-corrected chi connectivity index (χ2v) is 13.4. The SMILES string of the molecule is C[Si](C)(C)[O][Zn][NH]C(=O)C(Cl)(Cl)Cl. The van der Waals surface area contributed by atoms with Crippen molar-refractivity contribution in [2.45, 2.75) is 23.4 Å². The van der Waals surface area contributed by atoms with E-state index in [9.17, 15) is 4.79 Å². The van der Waals surface area contributed by atoms with Crippen molar-refractivity contribution >= 4 is 49.0 Å². The van der Waals surface area contributed by atoms with Gasteiger partial charge in [-0.2, -0.15) is 0 Å². The van der Waals surface area contributed by atoms with Gasteiger partial charge in [-0.15, -0.1) is 0 Å². The number of carbonyl (C=O) groups excluding carboxylic acids is 1. The molecule has 0 saturated carbocycles. The van der Waals surface area contributed by atoms with Crippen LogP contribution >= 0.6 is 34.8 Å². The van der Waals surface area contributed by atoms with E-state index in [1.807, 2.05) is 19.6 Å². The molecule has 0 aromatic carbocycles. The number of alkyl halides is 3. The molecule has 13 heavy (non-hydrogen) atoms. The molecular weight excluding hydrogens is 306 g/mol. The summed E-state index contributed by atoms with van der Waals surface area (Å²) in [5.74, 6) is -0.587. The summed E-state index contributed by atoms with van der Waals surface area (Å²) >= 11 is 14.5. The summed E-state index contributed by atoms with van der Waals surface area (Å²) < 4.78 is 6.19. The van der Waals surface area contributed by atoms with Crippen LogP contribution in [0.1, 0.15) is 0 Å². The topological polar surface area (TPSA) is 38.3 Å². The normalized spacial score (nSPS) is 12.2. The van der Waals surface area contributed by atoms with Gasteiger partial charge >= 0.3 is 102 Å². The first kappa shape index (κ1) is 14.1. The van der Waals surface area contributed by atoms with Gasteiger partial charge in [0.15, 0.2) is 0 Å². The standard InChI is InChI=1S/C3H9OSi.C2H2Cl3NO.Zn/c1-5(2,3)4;3-2(4,5)1(6)7;/h1-3H3;(H2,6,7);/q-1;;+2/p-1. The fraction of sp³-hybridized carbons (Fsp3) is 0.800. The van der Waals surface area contributed by atoms with Crippen molar-refractivity contribution in [2.75, 3.05) is 0 Å². The second kappa shape index (κ2) is 5.29. The van der Waals surface area contributed by atoms with Crippen molar-refractivity contribution in [1.82, 2.24) is 4.06 Å². The van der Waals surface area contributed by atoms with Crippen molar-refractivity contribution in [3.63, 3.8) is 0 Å². The molecule has 0 fully saturated rings. The van der Waals surface area contributed by atoms with Crippen molar-refractivity contribution in [3.8, 4) is 0 Å². The van der Waals surface area contributed by atoms with E-state index in [1.54, 1.807) is 0 Å². The van der Waals surface area contributed by atoms with E-state index in [2.05, 4.69) is 4.06 Å². The molecule has 0 aliphatic carbocycles. The summed E-state index contributed by atoms with van der Waals surface area (Å²) in [5, 5.41) is 0. The number of halogens is 3. The average Bonchev–Trinajstić information content (AvgIpc) is 1.82. The van der Waals surface area contributed by atoms with Crippen molar-refractivity contribution in [3.05, 3.63) is 0 Å². The van der Waals surface area contributed by atoms with E-state index in [0.717, 1.165) is 0 Å². The maximum atomic E-state index is 11.0. The molecule has 0 unspecified atom stereocenters. The minimum atomic E-state index is -1.87. The first-order valence-electron chi connectivity index (χ1n) is 3.62. The van der Waals surface area contributed by atoms with Gasteiger partial charge in [0.05, 0.1) is 0 Å². The summed E-state index contributed by atoms with van der Waals surface area (Å²) in [7, 11) is -1.54. The Morgan fingerprint density at radius 3 is 2.15 bits per heavy atom. The first-order chi connectivity index (χ1) is 5.63. The molecular formula is C5H10Cl3NO2SiZn. The van der Waals surface area contributed by atoms with Crippen LogP contribution in [0.2, 0.25) is 19.6 Å². The molecule has 1 N–H and O–H groups in total. The predicted molar refractivity (Wildman–Crippen MR) is 52.9 cm³/mol. The van der Waals surface area contributed by atoms with Crippen LogP contribution in [0.25, 0.3) is 0 Å². The number of nitrogens with one attached hydrogen (secondary N) is 1. The van der Waals surface area contributed by atoms with Crippen LogP contribution in [0.4, 0.5) is 0 Å². The number of carbonyl (C=O) groups is 1. The molecule has 0 spiro atoms. The summed E-state index contributed by atoms with van der Waals surface area (Å²) in [6, 6.07) is 0. The molecule has 0 heterocycles. The number of amides is 1. The zero-order valence-electron chi connectivity index (χ0n) is 7.66. The third-order valence-corrected chi connectivity index (χ3v) is 9.86. The van der Waals surface area contributed by atoms with Gasteiger partial charge in [0.2, 0.25) is 0 Å². The zero-order valence-corrected chi connectivity index (χ0v) is 13.9. The van der Waals surface area contributed by atoms with Crippen LogP contribution in [0.5, 0.6) is 0 Å². The molecule has 74 valence electrons. The quantitative estimate of drug-likeness (QED) is 0.641. The van der Waals surface area contributed by atoms with Crippen LogP contribution < -0.4 is 4.06 Å². The Labute approximate surface area is 102 Å². The number of hydrogen-bond acceptors (Lipinski definition) is 2. The van der Waals surface area contributed by atoms with Crippen molar-refractivity contribution < 1.29 is 25.8 Å². The number of hydrogen-bond donors (Lipinski definition) is 1. The van der Waals surface area contributed by atoms with Gasteiger partial charge in [0.25, 0.3) is 0 Å². The molecule has 8 heteroatoms. The van der Waals surface area contributed by atoms with Crippen molar-refractivity contribution in [2.24, 2.45) is 0 Å². The van der Waals surface area contributed by atoms with Crippen LogP contribution in [-0.4, -0.2) is 18.0 Å². The Balaban J connectivity index is 3.74. The molecule has 0 atom stereocenters. The Morgan fingerprint density at radius 2 is 1.85 bits per heavy atom. The first-order valence-corrected chi connectivity index (χ1v) is 10.9. The van der Waals surface area contributed by atoms with Gasteiger partial charge in [-0.05, 0) is 0 Å². The molecule has 0 aromatic rings. The Hall–Kier alpha value is 1.14. The van der Waals surface area contributed by atoms with E-state index < -0.39 is 35.7 Å². The fourth-order valence-electron chi connectivity index (χ4n) is 0.418. The van der Waals surface area contributed by atoms with Gasteiger partial charge in [0.1, 0.15) is 0 Å². The van der Waals surface area contributed by atoms with E-state index in [4.69, 9.17) is 38.1 Å². The summed E-state index contributed by atoms with van der Waals surface area (Å²) in [4.78, 5) is 11.0. The molecule has 0 aliphatic rings. The minimum absolute atomic E-state index is 0.587. The number of rotatable bonds is 3. The maximum absolute atomic E-state index is 11.0. The predicted octanol–water partition coefficient (Wildman–Crippen LogP) is 2.24. The van der Waals surface area contributed by atoms with Gasteiger partial charge < -0.3 is 0 Å². The third kappa shape index (κ3) is 8.16. The molecule has 0 bridgehead atoms. The van der Waals surface area contributed by atoms with E-state index in [-0.39, 0.29) is 0 Å². The van der Waals surface area contributed by atoms with E-state index >= 15 is 0 Å². The Kier molecular flexibility index (Phi) is 5.75. The molecule has 0 rings (SSSR count). The van der Waals surface area contributed by atoms with E-state index in [1.165, 1.54) is 0 Å². The zero-order chi connectivity index (χ0) is 10.7. The summed E-state index contributed by atoms with van der Waals surface area (Å²) in [6.45, 7) is 6.12. The fourth-order valence-corrected chi connectivity index (χ4v) is 5.84. The average molecular weight is 316 g/mol. The second-order valence-electron chi connectivity index (χ2n) is 3.40. The monoisotopic (exact) mass is 313 g/mol. The molecule has 3 nitrogen and oxygen atoms in total. The van der Waals surface area contributed by atoms with E-state index in [0.29, 0.717) is 0 Å². The van der Waals surface area contributed by atoms with Crippen LogP contribution in [0.15, 0.2) is 0 Å². The summed E-state index contributed by atoms with van der Waals surface area (Å²) in [6.07, 6.45) is 0. The van der Waals surface area contributed by atoms with Crippen LogP contribution in [0.3, 0.4) is 0 Å². The molecule has 0 radical (unpaired) electrons. The molecule has 0 aromatic heterocycles.